The summed E-state index contributed by atoms with van der Waals surface area (Å²) in [4.78, 5) is 0. The molecule has 166 valence electrons. The lowest BCUT2D eigenvalue weighted by Gasteiger charge is -2.38. The highest BCUT2D eigenvalue weighted by Gasteiger charge is 2.31. The Labute approximate surface area is 186 Å². The van der Waals surface area contributed by atoms with Crippen LogP contribution in [0.3, 0.4) is 0 Å². The number of allylic oxidation sites excluding steroid dienone is 2. The second-order valence-electron chi connectivity index (χ2n) is 9.75. The van der Waals surface area contributed by atoms with Crippen molar-refractivity contribution < 1.29 is 4.74 Å². The summed E-state index contributed by atoms with van der Waals surface area (Å²) in [5, 5.41) is 0. The second kappa shape index (κ2) is 13.2. The molecule has 0 unspecified atom stereocenters. The van der Waals surface area contributed by atoms with Crippen LogP contribution in [0.15, 0.2) is 49.1 Å². The minimum atomic E-state index is 0.719. The van der Waals surface area contributed by atoms with Gasteiger partial charge in [0.05, 0.1) is 13.2 Å². The fourth-order valence-corrected chi connectivity index (χ4v) is 5.79. The summed E-state index contributed by atoms with van der Waals surface area (Å²) in [5.41, 5.74) is 2.84. The molecule has 0 N–H and O–H groups in total. The van der Waals surface area contributed by atoms with Gasteiger partial charge in [-0.05, 0) is 92.6 Å². The lowest BCUT2D eigenvalue weighted by Crippen LogP contribution is -2.25. The van der Waals surface area contributed by atoms with E-state index in [1.165, 1.54) is 76.2 Å². The maximum Gasteiger partial charge on any atom is 0.0721 e. The summed E-state index contributed by atoms with van der Waals surface area (Å²) in [7, 11) is 0. The zero-order valence-electron chi connectivity index (χ0n) is 19.4. The molecular weight excluding hydrogens is 364 g/mol. The van der Waals surface area contributed by atoms with Crippen LogP contribution in [-0.2, 0) is 11.3 Å². The van der Waals surface area contributed by atoms with Crippen LogP contribution in [0.4, 0.5) is 0 Å². The Morgan fingerprint density at radius 1 is 0.900 bits per heavy atom. The monoisotopic (exact) mass is 408 g/mol. The van der Waals surface area contributed by atoms with E-state index in [1.54, 1.807) is 5.56 Å². The molecule has 0 spiro atoms. The first-order chi connectivity index (χ1) is 14.8. The van der Waals surface area contributed by atoms with Crippen molar-refractivity contribution in [3.63, 3.8) is 0 Å². The highest BCUT2D eigenvalue weighted by molar-refractivity contribution is 5.25. The molecule has 0 heterocycles. The molecule has 1 aromatic carbocycles. The van der Waals surface area contributed by atoms with E-state index < -0.39 is 0 Å². The lowest BCUT2D eigenvalue weighted by atomic mass is 9.68. The van der Waals surface area contributed by atoms with Crippen LogP contribution in [-0.4, -0.2) is 6.61 Å². The molecule has 0 radical (unpaired) electrons. The van der Waals surface area contributed by atoms with E-state index >= 15 is 0 Å². The molecule has 1 nitrogen and oxygen atoms in total. The minimum absolute atomic E-state index is 0.719. The maximum atomic E-state index is 5.73. The molecule has 2 aliphatic carbocycles. The number of ether oxygens (including phenoxy) is 1. The standard InChI is InChI=1S/C29H44O/c1-3-5-7-9-24-10-14-26(15-11-24)28-18-20-29(21-19-28)27-16-12-25(13-17-27)23-30-22-8-6-4-2/h3,6,8,12-13,16-17,24,26,28-29H,1,4-5,7,9-11,14-15,18-23H2,2H3. The highest BCUT2D eigenvalue weighted by Crippen LogP contribution is 2.44. The third-order valence-electron chi connectivity index (χ3n) is 7.69. The fraction of sp³-hybridized carbons (Fsp3) is 0.655. The van der Waals surface area contributed by atoms with Gasteiger partial charge in [-0.15, -0.1) is 6.58 Å². The molecule has 1 aromatic rings. The molecule has 0 saturated heterocycles. The van der Waals surface area contributed by atoms with Crippen molar-refractivity contribution in [1.82, 2.24) is 0 Å². The summed E-state index contributed by atoms with van der Waals surface area (Å²) >= 11 is 0. The normalized spacial score (nSPS) is 27.4. The van der Waals surface area contributed by atoms with Gasteiger partial charge in [-0.1, -0.05) is 68.7 Å². The first-order valence-electron chi connectivity index (χ1n) is 12.7. The summed E-state index contributed by atoms with van der Waals surface area (Å²) in [6, 6.07) is 9.28. The molecule has 0 aliphatic heterocycles. The Balaban J connectivity index is 1.36. The highest BCUT2D eigenvalue weighted by atomic mass is 16.5. The van der Waals surface area contributed by atoms with Gasteiger partial charge in [0.15, 0.2) is 0 Å². The molecule has 1 heteroatoms. The molecule has 0 bridgehead atoms. The Morgan fingerprint density at radius 3 is 2.20 bits per heavy atom. The van der Waals surface area contributed by atoms with Gasteiger partial charge in [-0.25, -0.2) is 0 Å². The Morgan fingerprint density at radius 2 is 1.57 bits per heavy atom. The summed E-state index contributed by atoms with van der Waals surface area (Å²) in [6.45, 7) is 7.45. The fourth-order valence-electron chi connectivity index (χ4n) is 5.79. The van der Waals surface area contributed by atoms with Crippen LogP contribution in [0.2, 0.25) is 0 Å². The molecular formula is C29H44O. The first-order valence-corrected chi connectivity index (χ1v) is 12.7. The van der Waals surface area contributed by atoms with Crippen LogP contribution in [0.1, 0.15) is 101 Å². The second-order valence-corrected chi connectivity index (χ2v) is 9.75. The van der Waals surface area contributed by atoms with Crippen molar-refractivity contribution in [1.29, 1.82) is 0 Å². The SMILES string of the molecule is C=CCCCC1CCC(C2CCC(c3ccc(COCC=CCC)cc3)CC2)CC1. The predicted molar refractivity (Wildman–Crippen MR) is 130 cm³/mol. The molecule has 0 aromatic heterocycles. The van der Waals surface area contributed by atoms with E-state index in [4.69, 9.17) is 4.74 Å². The van der Waals surface area contributed by atoms with Gasteiger partial charge < -0.3 is 4.74 Å². The number of hydrogen-bond donors (Lipinski definition) is 0. The molecule has 0 atom stereocenters. The lowest BCUT2D eigenvalue weighted by molar-refractivity contribution is 0.148. The van der Waals surface area contributed by atoms with Crippen LogP contribution >= 0.6 is 0 Å². The number of benzene rings is 1. The van der Waals surface area contributed by atoms with E-state index in [-0.39, 0.29) is 0 Å². The molecule has 2 saturated carbocycles. The Kier molecular flexibility index (Phi) is 10.2. The van der Waals surface area contributed by atoms with Gasteiger partial charge in [-0.2, -0.15) is 0 Å². The predicted octanol–water partition coefficient (Wildman–Crippen LogP) is 8.61. The molecule has 30 heavy (non-hydrogen) atoms. The average Bonchev–Trinajstić information content (AvgIpc) is 2.80. The minimum Gasteiger partial charge on any atom is -0.373 e. The molecule has 0 amide bonds. The summed E-state index contributed by atoms with van der Waals surface area (Å²) < 4.78 is 5.73. The van der Waals surface area contributed by atoms with Gasteiger partial charge in [0.2, 0.25) is 0 Å². The number of unbranched alkanes of at least 4 members (excludes halogenated alkanes) is 1. The van der Waals surface area contributed by atoms with E-state index in [2.05, 4.69) is 56.0 Å². The van der Waals surface area contributed by atoms with E-state index in [1.807, 2.05) is 0 Å². The van der Waals surface area contributed by atoms with Crippen LogP contribution in [0, 0.1) is 17.8 Å². The van der Waals surface area contributed by atoms with Crippen molar-refractivity contribution in [3.8, 4) is 0 Å². The van der Waals surface area contributed by atoms with Crippen LogP contribution < -0.4 is 0 Å². The number of rotatable bonds is 11. The largest absolute Gasteiger partial charge is 0.373 e. The third kappa shape index (κ3) is 7.41. The number of hydrogen-bond acceptors (Lipinski definition) is 1. The third-order valence-corrected chi connectivity index (χ3v) is 7.69. The summed E-state index contributed by atoms with van der Waals surface area (Å²) in [5.74, 6) is 3.80. The van der Waals surface area contributed by atoms with Gasteiger partial charge in [-0.3, -0.25) is 0 Å². The Hall–Kier alpha value is -1.34. The zero-order valence-corrected chi connectivity index (χ0v) is 19.4. The van der Waals surface area contributed by atoms with Crippen LogP contribution in [0.25, 0.3) is 0 Å². The zero-order chi connectivity index (χ0) is 21.0. The smallest absolute Gasteiger partial charge is 0.0721 e. The van der Waals surface area contributed by atoms with Gasteiger partial charge in [0.1, 0.15) is 0 Å². The summed E-state index contributed by atoms with van der Waals surface area (Å²) in [6.07, 6.45) is 23.1. The van der Waals surface area contributed by atoms with Crippen LogP contribution in [0.5, 0.6) is 0 Å². The van der Waals surface area contributed by atoms with Crippen molar-refractivity contribution in [2.24, 2.45) is 17.8 Å². The van der Waals surface area contributed by atoms with Gasteiger partial charge >= 0.3 is 0 Å². The quantitative estimate of drug-likeness (QED) is 0.263. The van der Waals surface area contributed by atoms with Crippen molar-refractivity contribution in [2.75, 3.05) is 6.61 Å². The van der Waals surface area contributed by atoms with Crippen molar-refractivity contribution >= 4 is 0 Å². The van der Waals surface area contributed by atoms with Crippen molar-refractivity contribution in [2.45, 2.75) is 96.5 Å². The topological polar surface area (TPSA) is 9.23 Å². The molecule has 2 fully saturated rings. The maximum absolute atomic E-state index is 5.73. The van der Waals surface area contributed by atoms with Crippen molar-refractivity contribution in [3.05, 3.63) is 60.2 Å². The Bertz CT molecular complexity index is 612. The van der Waals surface area contributed by atoms with E-state index in [0.717, 1.165) is 43.3 Å². The van der Waals surface area contributed by atoms with E-state index in [0.29, 0.717) is 0 Å². The average molecular weight is 409 g/mol. The first kappa shape index (κ1) is 23.3. The van der Waals surface area contributed by atoms with E-state index in [9.17, 15) is 0 Å². The molecule has 3 rings (SSSR count). The molecule has 2 aliphatic rings. The van der Waals surface area contributed by atoms with Gasteiger partial charge in [0.25, 0.3) is 0 Å². The van der Waals surface area contributed by atoms with Gasteiger partial charge in [0, 0.05) is 0 Å².